The van der Waals surface area contributed by atoms with E-state index in [0.717, 1.165) is 19.8 Å². The van der Waals surface area contributed by atoms with E-state index in [4.69, 9.17) is 9.26 Å². The Morgan fingerprint density at radius 1 is 1.42 bits per heavy atom. The number of carbonyl (C=O) groups excluding carboxylic acids is 1. The van der Waals surface area contributed by atoms with Crippen molar-refractivity contribution in [3.63, 3.8) is 0 Å². The van der Waals surface area contributed by atoms with Crippen LogP contribution in [0.1, 0.15) is 11.5 Å². The number of halogens is 1. The molecule has 3 aromatic rings. The van der Waals surface area contributed by atoms with E-state index in [-0.39, 0.29) is 24.2 Å². The molecule has 124 valence electrons. The summed E-state index contributed by atoms with van der Waals surface area (Å²) >= 11 is 6.38. The van der Waals surface area contributed by atoms with Gasteiger partial charge in [-0.3, -0.25) is 4.79 Å². The zero-order chi connectivity index (χ0) is 16.9. The first-order valence-electron chi connectivity index (χ1n) is 7.03. The van der Waals surface area contributed by atoms with Crippen molar-refractivity contribution in [1.29, 1.82) is 0 Å². The number of benzene rings is 1. The molecule has 0 aliphatic heterocycles. The summed E-state index contributed by atoms with van der Waals surface area (Å²) in [5.74, 6) is 0.708. The van der Waals surface area contributed by atoms with Crippen molar-refractivity contribution < 1.29 is 14.1 Å². The van der Waals surface area contributed by atoms with Crippen LogP contribution in [0.25, 0.3) is 10.7 Å². The summed E-state index contributed by atoms with van der Waals surface area (Å²) in [7, 11) is 0. The number of esters is 1. The molecule has 0 fully saturated rings. The Morgan fingerprint density at radius 3 is 3.04 bits per heavy atom. The van der Waals surface area contributed by atoms with E-state index in [2.05, 4.69) is 26.1 Å². The second-order valence-corrected chi connectivity index (χ2v) is 7.73. The molecule has 0 aliphatic carbocycles. The minimum atomic E-state index is -0.321. The number of rotatable bonds is 6. The van der Waals surface area contributed by atoms with Gasteiger partial charge in [0, 0.05) is 9.37 Å². The Morgan fingerprint density at radius 2 is 2.29 bits per heavy atom. The average molecular weight is 425 g/mol. The van der Waals surface area contributed by atoms with E-state index in [1.54, 1.807) is 0 Å². The van der Waals surface area contributed by atoms with Gasteiger partial charge in [-0.25, -0.2) is 0 Å². The minimum Gasteiger partial charge on any atom is -0.455 e. The lowest BCUT2D eigenvalue weighted by atomic mass is 10.2. The Kier molecular flexibility index (Phi) is 5.70. The first kappa shape index (κ1) is 17.2. The first-order valence-corrected chi connectivity index (χ1v) is 9.68. The minimum absolute atomic E-state index is 0.0168. The summed E-state index contributed by atoms with van der Waals surface area (Å²) in [5, 5.41) is 5.81. The van der Waals surface area contributed by atoms with Crippen LogP contribution < -0.4 is 0 Å². The molecule has 0 amide bonds. The molecule has 0 bridgehead atoms. The maximum atomic E-state index is 11.9. The van der Waals surface area contributed by atoms with Crippen LogP contribution in [-0.4, -0.2) is 21.9 Å². The van der Waals surface area contributed by atoms with Gasteiger partial charge < -0.3 is 9.26 Å². The van der Waals surface area contributed by atoms with Crippen LogP contribution in [0, 0.1) is 6.92 Å². The molecular weight excluding hydrogens is 412 g/mol. The van der Waals surface area contributed by atoms with Crippen LogP contribution in [0.4, 0.5) is 0 Å². The van der Waals surface area contributed by atoms with E-state index < -0.39 is 0 Å². The molecule has 2 heterocycles. The molecule has 0 unspecified atom stereocenters. The highest BCUT2D eigenvalue weighted by atomic mass is 79.9. The van der Waals surface area contributed by atoms with Crippen LogP contribution in [0.5, 0.6) is 0 Å². The fourth-order valence-corrected chi connectivity index (χ4v) is 3.85. The molecule has 0 radical (unpaired) electrons. The van der Waals surface area contributed by atoms with Crippen LogP contribution in [-0.2, 0) is 16.1 Å². The lowest BCUT2D eigenvalue weighted by Gasteiger charge is -2.05. The number of carbonyl (C=O) groups is 1. The lowest BCUT2D eigenvalue weighted by Crippen LogP contribution is -2.07. The highest BCUT2D eigenvalue weighted by Crippen LogP contribution is 2.25. The molecule has 0 spiro atoms. The van der Waals surface area contributed by atoms with Crippen molar-refractivity contribution in [3.05, 3.63) is 51.6 Å². The molecule has 0 N–H and O–H groups in total. The van der Waals surface area contributed by atoms with Crippen LogP contribution in [0.3, 0.4) is 0 Å². The predicted molar refractivity (Wildman–Crippen MR) is 97.0 cm³/mol. The number of thiophene rings is 1. The Bertz CT molecular complexity index is 834. The summed E-state index contributed by atoms with van der Waals surface area (Å²) in [6, 6.07) is 9.76. The van der Waals surface area contributed by atoms with Crippen molar-refractivity contribution in [2.24, 2.45) is 0 Å². The van der Waals surface area contributed by atoms with E-state index in [1.807, 2.05) is 42.6 Å². The SMILES string of the molecule is Cc1cc(Br)ccc1SCC(=O)OCc1nc(-c2cccs2)no1. The maximum Gasteiger partial charge on any atom is 0.316 e. The van der Waals surface area contributed by atoms with Gasteiger partial charge in [-0.05, 0) is 42.1 Å². The monoisotopic (exact) mass is 424 g/mol. The topological polar surface area (TPSA) is 65.2 Å². The molecule has 8 heteroatoms. The van der Waals surface area contributed by atoms with E-state index in [9.17, 15) is 4.79 Å². The largest absolute Gasteiger partial charge is 0.455 e. The van der Waals surface area contributed by atoms with Gasteiger partial charge in [0.15, 0.2) is 6.61 Å². The smallest absolute Gasteiger partial charge is 0.316 e. The fourth-order valence-electron chi connectivity index (χ4n) is 1.91. The van der Waals surface area contributed by atoms with Gasteiger partial charge in [0.2, 0.25) is 5.82 Å². The molecule has 1 aromatic carbocycles. The second-order valence-electron chi connectivity index (χ2n) is 4.85. The van der Waals surface area contributed by atoms with Gasteiger partial charge in [-0.2, -0.15) is 4.98 Å². The van der Waals surface area contributed by atoms with Crippen molar-refractivity contribution in [2.75, 3.05) is 5.75 Å². The number of ether oxygens (including phenoxy) is 1. The summed E-state index contributed by atoms with van der Waals surface area (Å²) in [4.78, 5) is 18.0. The molecule has 24 heavy (non-hydrogen) atoms. The number of aryl methyl sites for hydroxylation is 1. The van der Waals surface area contributed by atoms with Crippen molar-refractivity contribution in [3.8, 4) is 10.7 Å². The third-order valence-corrected chi connectivity index (χ3v) is 5.56. The molecular formula is C16H13BrN2O3S2. The van der Waals surface area contributed by atoms with Gasteiger partial charge in [0.05, 0.1) is 10.6 Å². The first-order chi connectivity index (χ1) is 11.6. The summed E-state index contributed by atoms with van der Waals surface area (Å²) in [6.45, 7) is 1.99. The van der Waals surface area contributed by atoms with Gasteiger partial charge in [-0.15, -0.1) is 23.1 Å². The van der Waals surface area contributed by atoms with E-state index in [1.165, 1.54) is 23.1 Å². The molecule has 3 rings (SSSR count). The predicted octanol–water partition coefficient (Wildman–Crippen LogP) is 4.70. The molecule has 0 saturated carbocycles. The number of thioether (sulfide) groups is 1. The Balaban J connectivity index is 1.49. The summed E-state index contributed by atoms with van der Waals surface area (Å²) in [6.07, 6.45) is 0. The van der Waals surface area contributed by atoms with Gasteiger partial charge in [-0.1, -0.05) is 27.2 Å². The zero-order valence-corrected chi connectivity index (χ0v) is 15.9. The molecule has 0 saturated heterocycles. The summed E-state index contributed by atoms with van der Waals surface area (Å²) in [5.41, 5.74) is 1.11. The molecule has 2 aromatic heterocycles. The van der Waals surface area contributed by atoms with Crippen molar-refractivity contribution in [2.45, 2.75) is 18.4 Å². The highest BCUT2D eigenvalue weighted by Gasteiger charge is 2.12. The maximum absolute atomic E-state index is 11.9. The van der Waals surface area contributed by atoms with Gasteiger partial charge >= 0.3 is 5.97 Å². The van der Waals surface area contributed by atoms with Crippen molar-refractivity contribution >= 4 is 45.0 Å². The van der Waals surface area contributed by atoms with Crippen molar-refractivity contribution in [1.82, 2.24) is 10.1 Å². The number of aromatic nitrogens is 2. The van der Waals surface area contributed by atoms with Crippen LogP contribution in [0.2, 0.25) is 0 Å². The molecule has 0 atom stereocenters. The number of hydrogen-bond acceptors (Lipinski definition) is 7. The average Bonchev–Trinajstić information content (AvgIpc) is 3.23. The van der Waals surface area contributed by atoms with Gasteiger partial charge in [0.25, 0.3) is 5.89 Å². The standard InChI is InChI=1S/C16H13BrN2O3S2/c1-10-7-11(17)4-5-12(10)24-9-15(20)21-8-14-18-16(19-22-14)13-3-2-6-23-13/h2-7H,8-9H2,1H3. The number of nitrogens with zero attached hydrogens (tertiary/aromatic N) is 2. The second kappa shape index (κ2) is 7.96. The van der Waals surface area contributed by atoms with Crippen LogP contribution >= 0.6 is 39.0 Å². The third-order valence-electron chi connectivity index (χ3n) is 3.05. The summed E-state index contributed by atoms with van der Waals surface area (Å²) < 4.78 is 11.3. The normalized spacial score (nSPS) is 10.8. The quantitative estimate of drug-likeness (QED) is 0.421. The zero-order valence-electron chi connectivity index (χ0n) is 12.7. The third kappa shape index (κ3) is 4.46. The van der Waals surface area contributed by atoms with Crippen LogP contribution in [0.15, 0.2) is 49.6 Å². The van der Waals surface area contributed by atoms with E-state index in [0.29, 0.717) is 5.82 Å². The number of hydrogen-bond donors (Lipinski definition) is 0. The van der Waals surface area contributed by atoms with E-state index >= 15 is 0 Å². The fraction of sp³-hybridized carbons (Fsp3) is 0.188. The molecule has 0 aliphatic rings. The highest BCUT2D eigenvalue weighted by molar-refractivity contribution is 9.10. The Labute approximate surface area is 155 Å². The molecule has 5 nitrogen and oxygen atoms in total. The Hall–Kier alpha value is -1.64. The lowest BCUT2D eigenvalue weighted by molar-refractivity contribution is -0.142. The van der Waals surface area contributed by atoms with Gasteiger partial charge in [0.1, 0.15) is 0 Å².